The van der Waals surface area contributed by atoms with E-state index in [0.29, 0.717) is 4.90 Å². The van der Waals surface area contributed by atoms with Gasteiger partial charge in [0, 0.05) is 5.54 Å². The summed E-state index contributed by atoms with van der Waals surface area (Å²) in [5, 5.41) is 0. The molecule has 0 amide bonds. The third-order valence-electron chi connectivity index (χ3n) is 3.17. The fourth-order valence-corrected chi connectivity index (χ4v) is 4.02. The Hall–Kier alpha value is -0.870. The zero-order chi connectivity index (χ0) is 14.1. The summed E-state index contributed by atoms with van der Waals surface area (Å²) in [5.74, 6) is 0. The highest BCUT2D eigenvalue weighted by Crippen LogP contribution is 2.23. The predicted octanol–water partition coefficient (Wildman–Crippen LogP) is 3.08. The number of hydrogen-bond acceptors (Lipinski definition) is 2. The summed E-state index contributed by atoms with van der Waals surface area (Å²) in [6.45, 7) is 11.4. The molecule has 0 bridgehead atoms. The molecule has 3 nitrogen and oxygen atoms in total. The lowest BCUT2D eigenvalue weighted by molar-refractivity contribution is 0.439. The summed E-state index contributed by atoms with van der Waals surface area (Å²) in [5.41, 5.74) is 2.25. The maximum absolute atomic E-state index is 12.4. The molecule has 0 aliphatic heterocycles. The summed E-state index contributed by atoms with van der Waals surface area (Å²) in [7, 11) is -3.46. The minimum atomic E-state index is -3.46. The van der Waals surface area contributed by atoms with Gasteiger partial charge in [0.05, 0.1) is 4.90 Å². The quantitative estimate of drug-likeness (QED) is 0.913. The normalized spacial score (nSPS) is 12.8. The van der Waals surface area contributed by atoms with Gasteiger partial charge in [0.1, 0.15) is 0 Å². The zero-order valence-corrected chi connectivity index (χ0v) is 12.9. The van der Waals surface area contributed by atoms with E-state index in [1.807, 2.05) is 53.7 Å². The van der Waals surface area contributed by atoms with Crippen LogP contribution < -0.4 is 4.72 Å². The second kappa shape index (κ2) is 5.02. The van der Waals surface area contributed by atoms with Gasteiger partial charge < -0.3 is 0 Å². The van der Waals surface area contributed by atoms with E-state index in [2.05, 4.69) is 4.72 Å². The predicted molar refractivity (Wildman–Crippen MR) is 75.3 cm³/mol. The third-order valence-corrected chi connectivity index (χ3v) is 5.17. The summed E-state index contributed by atoms with van der Waals surface area (Å²) < 4.78 is 27.7. The molecule has 102 valence electrons. The van der Waals surface area contributed by atoms with Crippen LogP contribution >= 0.6 is 0 Å². The van der Waals surface area contributed by atoms with Gasteiger partial charge in [0.15, 0.2) is 0 Å². The van der Waals surface area contributed by atoms with Crippen LogP contribution in [0.4, 0.5) is 0 Å². The van der Waals surface area contributed by atoms with Gasteiger partial charge >= 0.3 is 0 Å². The largest absolute Gasteiger partial charge is 0.241 e. The zero-order valence-electron chi connectivity index (χ0n) is 12.1. The molecule has 0 aromatic heterocycles. The molecule has 1 rings (SSSR count). The molecule has 0 atom stereocenters. The summed E-state index contributed by atoms with van der Waals surface area (Å²) >= 11 is 0. The Morgan fingerprint density at radius 1 is 1.11 bits per heavy atom. The lowest BCUT2D eigenvalue weighted by atomic mass is 10.0. The van der Waals surface area contributed by atoms with Crippen molar-refractivity contribution >= 4 is 10.0 Å². The van der Waals surface area contributed by atoms with E-state index in [-0.39, 0.29) is 0 Å². The molecule has 0 unspecified atom stereocenters. The molecule has 1 aromatic carbocycles. The Kier molecular flexibility index (Phi) is 4.23. The smallest absolute Gasteiger partial charge is 0.207 e. The van der Waals surface area contributed by atoms with Crippen molar-refractivity contribution in [3.8, 4) is 0 Å². The minimum Gasteiger partial charge on any atom is -0.207 e. The molecule has 0 aliphatic rings. The molecule has 0 saturated heterocycles. The first kappa shape index (κ1) is 15.2. The SMILES string of the molecule is CCC(C)(C)NS(=O)(=O)c1c(C)cc(C)cc1C. The number of nitrogens with one attached hydrogen (secondary N) is 1. The first-order chi connectivity index (χ1) is 8.09. The van der Waals surface area contributed by atoms with Crippen LogP contribution in [0.5, 0.6) is 0 Å². The van der Waals surface area contributed by atoms with E-state index in [0.717, 1.165) is 23.1 Å². The van der Waals surface area contributed by atoms with Gasteiger partial charge in [-0.1, -0.05) is 24.6 Å². The number of hydrogen-bond donors (Lipinski definition) is 1. The van der Waals surface area contributed by atoms with Gasteiger partial charge in [0.25, 0.3) is 0 Å². The summed E-state index contributed by atoms with van der Waals surface area (Å²) in [6.07, 6.45) is 0.746. The highest BCUT2D eigenvalue weighted by atomic mass is 32.2. The molecule has 0 spiro atoms. The molecule has 4 heteroatoms. The lowest BCUT2D eigenvalue weighted by Crippen LogP contribution is -2.43. The van der Waals surface area contributed by atoms with Crippen LogP contribution in [0.15, 0.2) is 17.0 Å². The first-order valence-corrected chi connectivity index (χ1v) is 7.69. The van der Waals surface area contributed by atoms with Crippen molar-refractivity contribution in [1.82, 2.24) is 4.72 Å². The summed E-state index contributed by atoms with van der Waals surface area (Å²) in [4.78, 5) is 0.412. The Labute approximate surface area is 111 Å². The van der Waals surface area contributed by atoms with Crippen LogP contribution in [0.1, 0.15) is 43.9 Å². The topological polar surface area (TPSA) is 46.2 Å². The number of aryl methyl sites for hydroxylation is 3. The molecule has 0 heterocycles. The van der Waals surface area contributed by atoms with Crippen molar-refractivity contribution in [2.24, 2.45) is 0 Å². The second-order valence-electron chi connectivity index (χ2n) is 5.57. The van der Waals surface area contributed by atoms with E-state index in [4.69, 9.17) is 0 Å². The number of rotatable bonds is 4. The highest BCUT2D eigenvalue weighted by molar-refractivity contribution is 7.89. The Morgan fingerprint density at radius 3 is 1.94 bits per heavy atom. The molecular weight excluding hydrogens is 246 g/mol. The average Bonchev–Trinajstić information content (AvgIpc) is 2.13. The van der Waals surface area contributed by atoms with Crippen LogP contribution in [0.25, 0.3) is 0 Å². The van der Waals surface area contributed by atoms with Crippen LogP contribution in [0.2, 0.25) is 0 Å². The van der Waals surface area contributed by atoms with Crippen molar-refractivity contribution in [3.05, 3.63) is 28.8 Å². The van der Waals surface area contributed by atoms with Crippen LogP contribution in [0, 0.1) is 20.8 Å². The molecule has 0 aliphatic carbocycles. The van der Waals surface area contributed by atoms with Gasteiger partial charge in [-0.25, -0.2) is 13.1 Å². The van der Waals surface area contributed by atoms with Crippen molar-refractivity contribution in [2.45, 2.75) is 58.4 Å². The molecule has 1 aromatic rings. The molecule has 0 fully saturated rings. The fourth-order valence-electron chi connectivity index (χ4n) is 2.08. The maximum atomic E-state index is 12.4. The van der Waals surface area contributed by atoms with Gasteiger partial charge in [-0.3, -0.25) is 0 Å². The molecule has 0 radical (unpaired) electrons. The summed E-state index contributed by atoms with van der Waals surface area (Å²) in [6, 6.07) is 3.81. The number of benzene rings is 1. The van der Waals surface area contributed by atoms with E-state index in [9.17, 15) is 8.42 Å². The minimum absolute atomic E-state index is 0.412. The van der Waals surface area contributed by atoms with Gasteiger partial charge in [0.2, 0.25) is 10.0 Å². The average molecular weight is 269 g/mol. The second-order valence-corrected chi connectivity index (χ2v) is 7.19. The van der Waals surface area contributed by atoms with Crippen molar-refractivity contribution in [1.29, 1.82) is 0 Å². The van der Waals surface area contributed by atoms with E-state index >= 15 is 0 Å². The molecular formula is C14H23NO2S. The van der Waals surface area contributed by atoms with Crippen LogP contribution in [-0.2, 0) is 10.0 Å². The van der Waals surface area contributed by atoms with Crippen LogP contribution in [0.3, 0.4) is 0 Å². The highest BCUT2D eigenvalue weighted by Gasteiger charge is 2.27. The van der Waals surface area contributed by atoms with Crippen molar-refractivity contribution in [2.75, 3.05) is 0 Å². The fraction of sp³-hybridized carbons (Fsp3) is 0.571. The molecule has 18 heavy (non-hydrogen) atoms. The van der Waals surface area contributed by atoms with Gasteiger partial charge in [-0.05, 0) is 52.2 Å². The monoisotopic (exact) mass is 269 g/mol. The number of sulfonamides is 1. The molecule has 1 N–H and O–H groups in total. The maximum Gasteiger partial charge on any atom is 0.241 e. The van der Waals surface area contributed by atoms with Crippen molar-refractivity contribution in [3.63, 3.8) is 0 Å². The Balaban J connectivity index is 3.30. The lowest BCUT2D eigenvalue weighted by Gasteiger charge is -2.25. The van der Waals surface area contributed by atoms with Gasteiger partial charge in [-0.15, -0.1) is 0 Å². The Morgan fingerprint density at radius 2 is 1.56 bits per heavy atom. The van der Waals surface area contributed by atoms with Crippen molar-refractivity contribution < 1.29 is 8.42 Å². The molecule has 0 saturated carbocycles. The third kappa shape index (κ3) is 3.33. The van der Waals surface area contributed by atoms with E-state index < -0.39 is 15.6 Å². The Bertz CT molecular complexity index is 522. The van der Waals surface area contributed by atoms with Crippen LogP contribution in [-0.4, -0.2) is 14.0 Å². The first-order valence-electron chi connectivity index (χ1n) is 6.21. The van der Waals surface area contributed by atoms with E-state index in [1.54, 1.807) is 0 Å². The van der Waals surface area contributed by atoms with E-state index in [1.165, 1.54) is 0 Å². The van der Waals surface area contributed by atoms with Gasteiger partial charge in [-0.2, -0.15) is 0 Å². The standard InChI is InChI=1S/C14H23NO2S/c1-7-14(5,6)15-18(16,17)13-11(3)8-10(2)9-12(13)4/h8-9,15H,7H2,1-6H3.